The summed E-state index contributed by atoms with van der Waals surface area (Å²) in [4.78, 5) is 28.1. The van der Waals surface area contributed by atoms with Crippen LogP contribution in [-0.4, -0.2) is 46.8 Å². The first kappa shape index (κ1) is 17.4. The van der Waals surface area contributed by atoms with E-state index in [0.717, 1.165) is 4.90 Å². The van der Waals surface area contributed by atoms with Crippen LogP contribution in [-0.2, 0) is 4.79 Å². The zero-order valence-corrected chi connectivity index (χ0v) is 13.4. The molecule has 1 aliphatic rings. The van der Waals surface area contributed by atoms with Crippen LogP contribution in [0.5, 0.6) is 0 Å². The maximum atomic E-state index is 13.4. The number of carbonyl (C=O) groups is 2. The third kappa shape index (κ3) is 3.20. The van der Waals surface area contributed by atoms with Gasteiger partial charge in [0.1, 0.15) is 6.04 Å². The summed E-state index contributed by atoms with van der Waals surface area (Å²) < 4.78 is 26.8. The highest BCUT2D eigenvalue weighted by atomic mass is 19.3. The summed E-state index contributed by atoms with van der Waals surface area (Å²) >= 11 is 0. The third-order valence-corrected chi connectivity index (χ3v) is 4.19. The molecule has 132 valence electrons. The van der Waals surface area contributed by atoms with Crippen molar-refractivity contribution in [1.82, 2.24) is 15.2 Å². The van der Waals surface area contributed by atoms with Crippen molar-refractivity contribution in [2.45, 2.75) is 18.4 Å². The number of aromatic amines is 1. The van der Waals surface area contributed by atoms with Gasteiger partial charge >= 0.3 is 0 Å². The number of nitrogens with one attached hydrogen (secondary N) is 2. The molecule has 0 aliphatic carbocycles. The van der Waals surface area contributed by atoms with Gasteiger partial charge in [-0.05, 0) is 18.2 Å². The Hall–Kier alpha value is -3.46. The fraction of sp³-hybridized carbons (Fsp3) is 0.294. The highest BCUT2D eigenvalue weighted by Gasteiger charge is 2.47. The second-order valence-corrected chi connectivity index (χ2v) is 5.98. The van der Waals surface area contributed by atoms with E-state index in [1.54, 1.807) is 18.2 Å². The number of likely N-dealkylation sites (tertiary alicyclic amines) is 1. The van der Waals surface area contributed by atoms with Gasteiger partial charge in [0, 0.05) is 23.5 Å². The minimum absolute atomic E-state index is 0.230. The molecule has 1 aromatic carbocycles. The van der Waals surface area contributed by atoms with Crippen molar-refractivity contribution >= 4 is 22.7 Å². The molecule has 2 heterocycles. The van der Waals surface area contributed by atoms with E-state index in [0.29, 0.717) is 16.5 Å². The summed E-state index contributed by atoms with van der Waals surface area (Å²) in [5.74, 6) is -4.44. The van der Waals surface area contributed by atoms with Crippen LogP contribution in [0, 0.1) is 22.7 Å². The van der Waals surface area contributed by atoms with E-state index in [-0.39, 0.29) is 5.56 Å². The number of alkyl halides is 2. The molecule has 1 aromatic heterocycles. The van der Waals surface area contributed by atoms with Gasteiger partial charge in [0.15, 0.2) is 0 Å². The minimum Gasteiger partial charge on any atom is -0.360 e. The first-order valence-electron chi connectivity index (χ1n) is 7.71. The van der Waals surface area contributed by atoms with E-state index in [1.165, 1.54) is 12.3 Å². The number of hydrogen-bond acceptors (Lipinski definition) is 4. The molecule has 0 saturated carbocycles. The molecule has 2 aromatic rings. The van der Waals surface area contributed by atoms with Gasteiger partial charge < -0.3 is 15.2 Å². The van der Waals surface area contributed by atoms with Gasteiger partial charge in [0.2, 0.25) is 5.91 Å². The predicted molar refractivity (Wildman–Crippen MR) is 86.0 cm³/mol. The molecule has 2 N–H and O–H groups in total. The molecule has 1 atom stereocenters. The zero-order valence-electron chi connectivity index (χ0n) is 13.4. The first-order chi connectivity index (χ1) is 12.3. The number of nitriles is 2. The SMILES string of the molecule is N#Cc1ccc2[nH]cc(C(=O)NCC(=O)N3CC(F)(F)C[C@H]3C#N)c2c1. The number of rotatable bonds is 3. The summed E-state index contributed by atoms with van der Waals surface area (Å²) in [6, 6.07) is 7.23. The van der Waals surface area contributed by atoms with Crippen LogP contribution >= 0.6 is 0 Å². The van der Waals surface area contributed by atoms with E-state index in [4.69, 9.17) is 10.5 Å². The Morgan fingerprint density at radius 3 is 2.85 bits per heavy atom. The number of carbonyl (C=O) groups excluding carboxylic acids is 2. The first-order valence-corrected chi connectivity index (χ1v) is 7.71. The molecule has 0 spiro atoms. The maximum absolute atomic E-state index is 13.4. The maximum Gasteiger partial charge on any atom is 0.268 e. The van der Waals surface area contributed by atoms with E-state index in [9.17, 15) is 18.4 Å². The largest absolute Gasteiger partial charge is 0.360 e. The Bertz CT molecular complexity index is 970. The summed E-state index contributed by atoms with van der Waals surface area (Å²) in [7, 11) is 0. The summed E-state index contributed by atoms with van der Waals surface area (Å²) in [6.45, 7) is -1.34. The standard InChI is InChI=1S/C17H13F2N5O2/c18-17(19)4-11(6-21)24(9-17)15(25)8-23-16(26)13-7-22-14-2-1-10(5-20)3-12(13)14/h1-3,7,11,22H,4,8-9H2,(H,23,26)/t11-/m0/s1. The van der Waals surface area contributed by atoms with E-state index in [1.807, 2.05) is 6.07 Å². The zero-order chi connectivity index (χ0) is 18.9. The lowest BCUT2D eigenvalue weighted by atomic mass is 10.1. The van der Waals surface area contributed by atoms with Gasteiger partial charge in [-0.1, -0.05) is 0 Å². The summed E-state index contributed by atoms with van der Waals surface area (Å²) in [5.41, 5.74) is 1.25. The van der Waals surface area contributed by atoms with Crippen molar-refractivity contribution in [1.29, 1.82) is 10.5 Å². The van der Waals surface area contributed by atoms with Crippen molar-refractivity contribution in [3.8, 4) is 12.1 Å². The highest BCUT2D eigenvalue weighted by molar-refractivity contribution is 6.07. The second kappa shape index (κ2) is 6.45. The molecule has 7 nitrogen and oxygen atoms in total. The van der Waals surface area contributed by atoms with Crippen LogP contribution in [0.15, 0.2) is 24.4 Å². The highest BCUT2D eigenvalue weighted by Crippen LogP contribution is 2.31. The van der Waals surface area contributed by atoms with Crippen LogP contribution in [0.3, 0.4) is 0 Å². The molecule has 26 heavy (non-hydrogen) atoms. The number of aromatic nitrogens is 1. The minimum atomic E-state index is -3.11. The van der Waals surface area contributed by atoms with E-state index in [2.05, 4.69) is 10.3 Å². The van der Waals surface area contributed by atoms with E-state index < -0.39 is 43.3 Å². The Labute approximate surface area is 146 Å². The van der Waals surface area contributed by atoms with E-state index >= 15 is 0 Å². The molecule has 9 heteroatoms. The Morgan fingerprint density at radius 2 is 2.15 bits per heavy atom. The fourth-order valence-corrected chi connectivity index (χ4v) is 2.93. The quantitative estimate of drug-likeness (QED) is 0.867. The topological polar surface area (TPSA) is 113 Å². The summed E-state index contributed by atoms with van der Waals surface area (Å²) in [5, 5.41) is 20.8. The van der Waals surface area contributed by atoms with Crippen LogP contribution in [0.1, 0.15) is 22.3 Å². The number of halogens is 2. The summed E-state index contributed by atoms with van der Waals surface area (Å²) in [6.07, 6.45) is 0.732. The number of H-pyrrole nitrogens is 1. The molecular formula is C17H13F2N5O2. The van der Waals surface area contributed by atoms with Gasteiger partial charge in [0.05, 0.1) is 36.4 Å². The van der Waals surface area contributed by atoms with Gasteiger partial charge in [0.25, 0.3) is 11.8 Å². The second-order valence-electron chi connectivity index (χ2n) is 5.98. The normalized spacial score (nSPS) is 18.3. The van der Waals surface area contributed by atoms with Crippen LogP contribution in [0.4, 0.5) is 8.78 Å². The number of hydrogen-bond donors (Lipinski definition) is 2. The predicted octanol–water partition coefficient (Wildman–Crippen LogP) is 1.53. The molecule has 0 bridgehead atoms. The molecule has 0 radical (unpaired) electrons. The number of nitrogens with zero attached hydrogens (tertiary/aromatic N) is 3. The third-order valence-electron chi connectivity index (χ3n) is 4.19. The number of benzene rings is 1. The van der Waals surface area contributed by atoms with Crippen molar-refractivity contribution in [2.24, 2.45) is 0 Å². The van der Waals surface area contributed by atoms with Gasteiger partial charge in [-0.25, -0.2) is 8.78 Å². The Morgan fingerprint density at radius 1 is 1.38 bits per heavy atom. The van der Waals surface area contributed by atoms with Crippen LogP contribution in [0.25, 0.3) is 10.9 Å². The van der Waals surface area contributed by atoms with Gasteiger partial charge in [-0.2, -0.15) is 10.5 Å². The monoisotopic (exact) mass is 357 g/mol. The lowest BCUT2D eigenvalue weighted by Gasteiger charge is -2.19. The van der Waals surface area contributed by atoms with Crippen molar-refractivity contribution in [3.05, 3.63) is 35.5 Å². The molecule has 1 aliphatic heterocycles. The fourth-order valence-electron chi connectivity index (χ4n) is 2.93. The average Bonchev–Trinajstić information content (AvgIpc) is 3.18. The average molecular weight is 357 g/mol. The Kier molecular flexibility index (Phi) is 4.31. The van der Waals surface area contributed by atoms with Gasteiger partial charge in [-0.15, -0.1) is 0 Å². The molecule has 2 amide bonds. The smallest absolute Gasteiger partial charge is 0.268 e. The molecule has 3 rings (SSSR count). The van der Waals surface area contributed by atoms with Crippen LogP contribution < -0.4 is 5.32 Å². The van der Waals surface area contributed by atoms with Crippen molar-refractivity contribution in [3.63, 3.8) is 0 Å². The van der Waals surface area contributed by atoms with Gasteiger partial charge in [-0.3, -0.25) is 9.59 Å². The molecule has 0 unspecified atom stereocenters. The Balaban J connectivity index is 1.71. The van der Waals surface area contributed by atoms with Crippen molar-refractivity contribution in [2.75, 3.05) is 13.1 Å². The molecule has 1 saturated heterocycles. The molecule has 1 fully saturated rings. The number of amides is 2. The van der Waals surface area contributed by atoms with Crippen LogP contribution in [0.2, 0.25) is 0 Å². The van der Waals surface area contributed by atoms with Crippen molar-refractivity contribution < 1.29 is 18.4 Å². The lowest BCUT2D eigenvalue weighted by molar-refractivity contribution is -0.131. The molecular weight excluding hydrogens is 344 g/mol. The lowest BCUT2D eigenvalue weighted by Crippen LogP contribution is -2.42. The number of fused-ring (bicyclic) bond motifs is 1.